The summed E-state index contributed by atoms with van der Waals surface area (Å²) in [6.45, 7) is 11.0. The van der Waals surface area contributed by atoms with Gasteiger partial charge in [-0.25, -0.2) is 0 Å². The second-order valence-electron chi connectivity index (χ2n) is 5.52. The summed E-state index contributed by atoms with van der Waals surface area (Å²) < 4.78 is 2.75. The van der Waals surface area contributed by atoms with E-state index >= 15 is 0 Å². The Morgan fingerprint density at radius 1 is 1.19 bits per heavy atom. The van der Waals surface area contributed by atoms with E-state index in [9.17, 15) is 0 Å². The minimum atomic E-state index is -1.23. The van der Waals surface area contributed by atoms with Gasteiger partial charge in [0, 0.05) is 12.3 Å². The SMILES string of the molecule is CC1(c2ccccc2)SCCN1[Si](C)(C)C. The lowest BCUT2D eigenvalue weighted by Crippen LogP contribution is -2.52. The minimum absolute atomic E-state index is 0.200. The Morgan fingerprint density at radius 2 is 1.81 bits per heavy atom. The summed E-state index contributed by atoms with van der Waals surface area (Å²) in [6.07, 6.45) is 0. The van der Waals surface area contributed by atoms with Crippen LogP contribution in [0.2, 0.25) is 19.6 Å². The fourth-order valence-corrected chi connectivity index (χ4v) is 7.18. The molecule has 1 saturated heterocycles. The number of hydrogen-bond acceptors (Lipinski definition) is 2. The highest BCUT2D eigenvalue weighted by molar-refractivity contribution is 8.00. The summed E-state index contributed by atoms with van der Waals surface area (Å²) >= 11 is 2.09. The van der Waals surface area contributed by atoms with E-state index in [0.717, 1.165) is 0 Å². The molecule has 0 aromatic heterocycles. The molecule has 1 nitrogen and oxygen atoms in total. The lowest BCUT2D eigenvalue weighted by atomic mass is 10.1. The van der Waals surface area contributed by atoms with Crippen LogP contribution in [0.1, 0.15) is 12.5 Å². The number of thioether (sulfide) groups is 1. The zero-order valence-corrected chi connectivity index (χ0v) is 12.5. The highest BCUT2D eigenvalue weighted by atomic mass is 32.2. The van der Waals surface area contributed by atoms with Crippen molar-refractivity contribution in [3.8, 4) is 0 Å². The standard InChI is InChI=1S/C13H21NSSi/c1-13(12-8-6-5-7-9-12)14(10-11-15-13)16(2,3)4/h5-9H,10-11H2,1-4H3. The highest BCUT2D eigenvalue weighted by Gasteiger charge is 2.44. The maximum Gasteiger partial charge on any atom is 0.121 e. The van der Waals surface area contributed by atoms with Gasteiger partial charge in [0.05, 0.1) is 4.87 Å². The van der Waals surface area contributed by atoms with E-state index in [1.165, 1.54) is 17.9 Å². The van der Waals surface area contributed by atoms with Crippen LogP contribution >= 0.6 is 11.8 Å². The minimum Gasteiger partial charge on any atom is -0.306 e. The van der Waals surface area contributed by atoms with Gasteiger partial charge < -0.3 is 4.57 Å². The van der Waals surface area contributed by atoms with Gasteiger partial charge in [-0.1, -0.05) is 50.0 Å². The molecule has 0 aliphatic carbocycles. The number of hydrogen-bond donors (Lipinski definition) is 0. The van der Waals surface area contributed by atoms with E-state index in [4.69, 9.17) is 0 Å². The van der Waals surface area contributed by atoms with Crippen LogP contribution in [0.5, 0.6) is 0 Å². The van der Waals surface area contributed by atoms with Gasteiger partial charge in [-0.15, -0.1) is 11.8 Å². The molecule has 1 aliphatic rings. The second kappa shape index (κ2) is 4.20. The van der Waals surface area contributed by atoms with Crippen LogP contribution in [-0.2, 0) is 4.87 Å². The molecule has 16 heavy (non-hydrogen) atoms. The Bertz CT molecular complexity index is 360. The molecule has 0 amide bonds. The predicted molar refractivity (Wildman–Crippen MR) is 76.3 cm³/mol. The summed E-state index contributed by atoms with van der Waals surface area (Å²) in [5.74, 6) is 1.26. The van der Waals surface area contributed by atoms with Gasteiger partial charge in [0.25, 0.3) is 0 Å². The van der Waals surface area contributed by atoms with Crippen molar-refractivity contribution in [2.45, 2.75) is 31.4 Å². The lowest BCUT2D eigenvalue weighted by Gasteiger charge is -2.42. The van der Waals surface area contributed by atoms with Crippen LogP contribution in [0.4, 0.5) is 0 Å². The maximum absolute atomic E-state index is 2.75. The van der Waals surface area contributed by atoms with E-state index in [2.05, 4.69) is 73.2 Å². The van der Waals surface area contributed by atoms with Crippen LogP contribution in [0.3, 0.4) is 0 Å². The summed E-state index contributed by atoms with van der Waals surface area (Å²) in [4.78, 5) is 0.200. The van der Waals surface area contributed by atoms with E-state index in [0.29, 0.717) is 0 Å². The first-order valence-corrected chi connectivity index (χ1v) is 10.3. The molecule has 0 radical (unpaired) electrons. The van der Waals surface area contributed by atoms with Crippen LogP contribution in [0.25, 0.3) is 0 Å². The zero-order valence-electron chi connectivity index (χ0n) is 10.7. The van der Waals surface area contributed by atoms with Crippen molar-refractivity contribution >= 4 is 20.0 Å². The first kappa shape index (κ1) is 12.2. The molecule has 0 bridgehead atoms. The Balaban J connectivity index is 2.37. The quantitative estimate of drug-likeness (QED) is 0.737. The third-order valence-electron chi connectivity index (χ3n) is 3.33. The first-order valence-electron chi connectivity index (χ1n) is 5.92. The van der Waals surface area contributed by atoms with Gasteiger partial charge in [0.2, 0.25) is 0 Å². The molecule has 2 rings (SSSR count). The number of benzene rings is 1. The van der Waals surface area contributed by atoms with Crippen LogP contribution in [-0.4, -0.2) is 25.1 Å². The molecular formula is C13H21NSSi. The fourth-order valence-electron chi connectivity index (χ4n) is 2.59. The van der Waals surface area contributed by atoms with Crippen molar-refractivity contribution < 1.29 is 0 Å². The maximum atomic E-state index is 2.75. The van der Waals surface area contributed by atoms with Gasteiger partial charge in [-0.3, -0.25) is 0 Å². The Hall–Kier alpha value is -0.253. The van der Waals surface area contributed by atoms with Gasteiger partial charge in [0.15, 0.2) is 0 Å². The Kier molecular flexibility index (Phi) is 3.21. The summed E-state index contributed by atoms with van der Waals surface area (Å²) in [5.41, 5.74) is 1.46. The normalized spacial score (nSPS) is 27.2. The molecule has 0 N–H and O–H groups in total. The smallest absolute Gasteiger partial charge is 0.121 e. The summed E-state index contributed by atoms with van der Waals surface area (Å²) in [5, 5.41) is 0. The topological polar surface area (TPSA) is 3.24 Å². The fraction of sp³-hybridized carbons (Fsp3) is 0.538. The van der Waals surface area contributed by atoms with E-state index in [1.807, 2.05) is 0 Å². The summed E-state index contributed by atoms with van der Waals surface area (Å²) in [7, 11) is -1.23. The second-order valence-corrected chi connectivity index (χ2v) is 11.9. The molecule has 1 atom stereocenters. The van der Waals surface area contributed by atoms with Crippen LogP contribution in [0, 0.1) is 0 Å². The Labute approximate surface area is 104 Å². The van der Waals surface area contributed by atoms with Gasteiger partial charge in [-0.2, -0.15) is 0 Å². The molecule has 1 heterocycles. The van der Waals surface area contributed by atoms with Gasteiger partial charge in [-0.05, 0) is 12.5 Å². The average Bonchev–Trinajstić information content (AvgIpc) is 2.63. The number of nitrogens with zero attached hydrogens (tertiary/aromatic N) is 1. The monoisotopic (exact) mass is 251 g/mol. The largest absolute Gasteiger partial charge is 0.306 e. The van der Waals surface area contributed by atoms with Gasteiger partial charge >= 0.3 is 0 Å². The first-order chi connectivity index (χ1) is 7.44. The molecule has 0 saturated carbocycles. The lowest BCUT2D eigenvalue weighted by molar-refractivity contribution is 0.342. The van der Waals surface area contributed by atoms with Crippen molar-refractivity contribution in [2.24, 2.45) is 0 Å². The molecule has 1 fully saturated rings. The average molecular weight is 251 g/mol. The molecule has 3 heteroatoms. The predicted octanol–water partition coefficient (Wildman–Crippen LogP) is 3.74. The van der Waals surface area contributed by atoms with Crippen molar-refractivity contribution in [1.29, 1.82) is 0 Å². The molecule has 1 aliphatic heterocycles. The van der Waals surface area contributed by atoms with E-state index < -0.39 is 8.24 Å². The van der Waals surface area contributed by atoms with Crippen LogP contribution in [0.15, 0.2) is 30.3 Å². The van der Waals surface area contributed by atoms with Gasteiger partial charge in [0.1, 0.15) is 8.24 Å². The van der Waals surface area contributed by atoms with Crippen molar-refractivity contribution in [1.82, 2.24) is 4.57 Å². The molecular weight excluding hydrogens is 230 g/mol. The molecule has 88 valence electrons. The zero-order chi connectivity index (χ0) is 11.8. The van der Waals surface area contributed by atoms with E-state index in [1.54, 1.807) is 0 Å². The van der Waals surface area contributed by atoms with Crippen LogP contribution < -0.4 is 0 Å². The number of rotatable bonds is 2. The molecule has 0 spiro atoms. The third-order valence-corrected chi connectivity index (χ3v) is 7.19. The van der Waals surface area contributed by atoms with E-state index in [-0.39, 0.29) is 4.87 Å². The van der Waals surface area contributed by atoms with Crippen molar-refractivity contribution in [3.63, 3.8) is 0 Å². The van der Waals surface area contributed by atoms with Crippen molar-refractivity contribution in [2.75, 3.05) is 12.3 Å². The molecule has 1 unspecified atom stereocenters. The molecule has 1 aromatic rings. The molecule has 1 aromatic carbocycles. The summed E-state index contributed by atoms with van der Waals surface area (Å²) in [6, 6.07) is 11.0. The van der Waals surface area contributed by atoms with Crippen molar-refractivity contribution in [3.05, 3.63) is 35.9 Å². The third kappa shape index (κ3) is 2.08. The Morgan fingerprint density at radius 3 is 2.38 bits per heavy atom. The highest BCUT2D eigenvalue weighted by Crippen LogP contribution is 2.46.